The van der Waals surface area contributed by atoms with Crippen LogP contribution in [0, 0.1) is 0 Å². The maximum Gasteiger partial charge on any atom is 0.303 e. The van der Waals surface area contributed by atoms with Gasteiger partial charge < -0.3 is 5.11 Å². The Morgan fingerprint density at radius 1 is 1.29 bits per heavy atom. The first-order valence-corrected chi connectivity index (χ1v) is 8.42. The number of carboxylic acids is 1. The van der Waals surface area contributed by atoms with Crippen molar-refractivity contribution in [1.29, 1.82) is 0 Å². The van der Waals surface area contributed by atoms with Crippen LogP contribution >= 0.6 is 0 Å². The van der Waals surface area contributed by atoms with Crippen molar-refractivity contribution in [3.05, 3.63) is 29.8 Å². The third kappa shape index (κ3) is 4.18. The summed E-state index contributed by atoms with van der Waals surface area (Å²) in [7, 11) is -3.48. The molecule has 2 rings (SSSR count). The summed E-state index contributed by atoms with van der Waals surface area (Å²) in [4.78, 5) is 10.7. The van der Waals surface area contributed by atoms with Gasteiger partial charge in [0.05, 0.1) is 6.42 Å². The molecular formula is C14H20N2O4S. The second kappa shape index (κ2) is 6.44. The fourth-order valence-corrected chi connectivity index (χ4v) is 3.70. The highest BCUT2D eigenvalue weighted by molar-refractivity contribution is 7.90. The van der Waals surface area contributed by atoms with Gasteiger partial charge in [0, 0.05) is 18.8 Å². The molecule has 2 N–H and O–H groups in total. The summed E-state index contributed by atoms with van der Waals surface area (Å²) in [6, 6.07) is 6.85. The molecule has 0 aliphatic carbocycles. The molecule has 1 atom stereocenters. The summed E-state index contributed by atoms with van der Waals surface area (Å²) in [5.74, 6) is -0.951. The molecule has 0 bridgehead atoms. The Morgan fingerprint density at radius 3 is 2.38 bits per heavy atom. The number of aliphatic carboxylic acids is 1. The first kappa shape index (κ1) is 15.8. The molecule has 6 nitrogen and oxygen atoms in total. The smallest absolute Gasteiger partial charge is 0.303 e. The second-order valence-electron chi connectivity index (χ2n) is 5.33. The van der Waals surface area contributed by atoms with E-state index in [-0.39, 0.29) is 12.3 Å². The summed E-state index contributed by atoms with van der Waals surface area (Å²) >= 11 is 0. The Morgan fingerprint density at radius 2 is 1.86 bits per heavy atom. The predicted octanol–water partition coefficient (Wildman–Crippen LogP) is 2.02. The fourth-order valence-electron chi connectivity index (χ4n) is 2.40. The van der Waals surface area contributed by atoms with Gasteiger partial charge in [-0.05, 0) is 36.5 Å². The molecule has 1 aromatic rings. The van der Waals surface area contributed by atoms with Gasteiger partial charge in [0.15, 0.2) is 0 Å². The van der Waals surface area contributed by atoms with Crippen LogP contribution in [0.2, 0.25) is 0 Å². The average Bonchev–Trinajstić information content (AvgIpc) is 2.93. The van der Waals surface area contributed by atoms with Crippen LogP contribution in [-0.2, 0) is 15.0 Å². The minimum Gasteiger partial charge on any atom is -0.481 e. The van der Waals surface area contributed by atoms with Crippen molar-refractivity contribution in [1.82, 2.24) is 4.31 Å². The fraction of sp³-hybridized carbons (Fsp3) is 0.500. The number of anilines is 1. The second-order valence-corrected chi connectivity index (χ2v) is 7.00. The third-order valence-electron chi connectivity index (χ3n) is 3.61. The molecule has 1 aromatic carbocycles. The Bertz CT molecular complexity index is 592. The first-order chi connectivity index (χ1) is 9.88. The highest BCUT2D eigenvalue weighted by Crippen LogP contribution is 2.22. The molecule has 1 heterocycles. The van der Waals surface area contributed by atoms with E-state index in [4.69, 9.17) is 5.11 Å². The van der Waals surface area contributed by atoms with Crippen molar-refractivity contribution in [3.63, 3.8) is 0 Å². The SMILES string of the molecule is CC(CC(=O)O)c1ccc(NS(=O)(=O)N2CCCC2)cc1. The maximum atomic E-state index is 12.1. The van der Waals surface area contributed by atoms with Crippen molar-refractivity contribution in [3.8, 4) is 0 Å². The van der Waals surface area contributed by atoms with Gasteiger partial charge in [0.25, 0.3) is 0 Å². The van der Waals surface area contributed by atoms with Crippen molar-refractivity contribution in [2.24, 2.45) is 0 Å². The van der Waals surface area contributed by atoms with E-state index in [1.165, 1.54) is 4.31 Å². The van der Waals surface area contributed by atoms with Crippen LogP contribution in [0.15, 0.2) is 24.3 Å². The molecule has 0 saturated carbocycles. The van der Waals surface area contributed by atoms with Gasteiger partial charge in [0.1, 0.15) is 0 Å². The number of rotatable bonds is 6. The van der Waals surface area contributed by atoms with Gasteiger partial charge in [-0.3, -0.25) is 9.52 Å². The van der Waals surface area contributed by atoms with E-state index in [1.807, 2.05) is 6.92 Å². The Hall–Kier alpha value is -1.60. The molecule has 1 aliphatic rings. The highest BCUT2D eigenvalue weighted by atomic mass is 32.2. The minimum atomic E-state index is -3.48. The number of benzene rings is 1. The van der Waals surface area contributed by atoms with E-state index in [9.17, 15) is 13.2 Å². The van der Waals surface area contributed by atoms with E-state index in [2.05, 4.69) is 4.72 Å². The van der Waals surface area contributed by atoms with Crippen molar-refractivity contribution >= 4 is 21.9 Å². The van der Waals surface area contributed by atoms with Gasteiger partial charge in [-0.15, -0.1) is 0 Å². The molecule has 1 fully saturated rings. The highest BCUT2D eigenvalue weighted by Gasteiger charge is 2.25. The minimum absolute atomic E-state index is 0.0544. The zero-order valence-corrected chi connectivity index (χ0v) is 12.8. The van der Waals surface area contributed by atoms with Gasteiger partial charge >= 0.3 is 16.2 Å². The summed E-state index contributed by atoms with van der Waals surface area (Å²) in [6.45, 7) is 2.95. The summed E-state index contributed by atoms with van der Waals surface area (Å²) in [5.41, 5.74) is 1.37. The molecule has 0 radical (unpaired) electrons. The van der Waals surface area contributed by atoms with Gasteiger partial charge in [-0.1, -0.05) is 19.1 Å². The standard InChI is InChI=1S/C14H20N2O4S/c1-11(10-14(17)18)12-4-6-13(7-5-12)15-21(19,20)16-8-2-3-9-16/h4-7,11,15H,2-3,8-10H2,1H3,(H,17,18). The van der Waals surface area contributed by atoms with E-state index >= 15 is 0 Å². The summed E-state index contributed by atoms with van der Waals surface area (Å²) < 4.78 is 28.2. The van der Waals surface area contributed by atoms with Crippen molar-refractivity contribution in [2.45, 2.75) is 32.1 Å². The summed E-state index contributed by atoms with van der Waals surface area (Å²) in [6.07, 6.45) is 1.85. The normalized spacial score (nSPS) is 17.6. The van der Waals surface area contributed by atoms with Crippen LogP contribution in [0.1, 0.15) is 37.7 Å². The zero-order chi connectivity index (χ0) is 15.5. The predicted molar refractivity (Wildman–Crippen MR) is 80.5 cm³/mol. The number of carbonyl (C=O) groups is 1. The van der Waals surface area contributed by atoms with Crippen molar-refractivity contribution in [2.75, 3.05) is 17.8 Å². The third-order valence-corrected chi connectivity index (χ3v) is 5.15. The van der Waals surface area contributed by atoms with E-state index in [1.54, 1.807) is 24.3 Å². The van der Waals surface area contributed by atoms with Crippen LogP contribution in [0.4, 0.5) is 5.69 Å². The molecule has 0 aromatic heterocycles. The Balaban J connectivity index is 2.03. The van der Waals surface area contributed by atoms with Gasteiger partial charge in [-0.25, -0.2) is 0 Å². The largest absolute Gasteiger partial charge is 0.481 e. The lowest BCUT2D eigenvalue weighted by atomic mass is 9.98. The summed E-state index contributed by atoms with van der Waals surface area (Å²) in [5, 5.41) is 8.78. The number of nitrogens with one attached hydrogen (secondary N) is 1. The lowest BCUT2D eigenvalue weighted by Crippen LogP contribution is -2.33. The number of nitrogens with zero attached hydrogens (tertiary/aromatic N) is 1. The zero-order valence-electron chi connectivity index (χ0n) is 11.9. The molecule has 1 saturated heterocycles. The molecule has 116 valence electrons. The quantitative estimate of drug-likeness (QED) is 0.841. The molecular weight excluding hydrogens is 292 g/mol. The first-order valence-electron chi connectivity index (χ1n) is 6.98. The lowest BCUT2D eigenvalue weighted by molar-refractivity contribution is -0.137. The number of carboxylic acid groups (broad SMARTS) is 1. The Kier molecular flexibility index (Phi) is 4.84. The number of hydrogen-bond donors (Lipinski definition) is 2. The van der Waals surface area contributed by atoms with Crippen LogP contribution < -0.4 is 4.72 Å². The topological polar surface area (TPSA) is 86.7 Å². The molecule has 7 heteroatoms. The van der Waals surface area contributed by atoms with E-state index in [0.717, 1.165) is 18.4 Å². The van der Waals surface area contributed by atoms with Crippen LogP contribution in [0.25, 0.3) is 0 Å². The van der Waals surface area contributed by atoms with Crippen LogP contribution in [-0.4, -0.2) is 36.9 Å². The number of hydrogen-bond acceptors (Lipinski definition) is 3. The molecule has 0 spiro atoms. The van der Waals surface area contributed by atoms with Crippen LogP contribution in [0.5, 0.6) is 0 Å². The van der Waals surface area contributed by atoms with E-state index < -0.39 is 16.2 Å². The lowest BCUT2D eigenvalue weighted by Gasteiger charge is -2.17. The van der Waals surface area contributed by atoms with Gasteiger partial charge in [-0.2, -0.15) is 12.7 Å². The Labute approximate surface area is 125 Å². The molecule has 21 heavy (non-hydrogen) atoms. The van der Waals surface area contributed by atoms with Gasteiger partial charge in [0.2, 0.25) is 0 Å². The van der Waals surface area contributed by atoms with E-state index in [0.29, 0.717) is 18.8 Å². The maximum absolute atomic E-state index is 12.1. The molecule has 0 amide bonds. The molecule has 1 aliphatic heterocycles. The van der Waals surface area contributed by atoms with Crippen LogP contribution in [0.3, 0.4) is 0 Å². The van der Waals surface area contributed by atoms with Crippen molar-refractivity contribution < 1.29 is 18.3 Å². The molecule has 1 unspecified atom stereocenters. The average molecular weight is 312 g/mol. The monoisotopic (exact) mass is 312 g/mol.